The van der Waals surface area contributed by atoms with Gasteiger partial charge in [-0.15, -0.1) is 0 Å². The van der Waals surface area contributed by atoms with E-state index in [2.05, 4.69) is 15.1 Å². The van der Waals surface area contributed by atoms with E-state index in [1.807, 2.05) is 4.90 Å². The van der Waals surface area contributed by atoms with E-state index in [0.717, 1.165) is 64.8 Å². The van der Waals surface area contributed by atoms with Crippen LogP contribution in [0.5, 0.6) is 0 Å². The molecule has 5 nitrogen and oxygen atoms in total. The first-order valence-electron chi connectivity index (χ1n) is 8.06. The molecule has 23 heavy (non-hydrogen) atoms. The molecule has 0 spiro atoms. The maximum Gasteiger partial charge on any atom is 0.175 e. The zero-order valence-corrected chi connectivity index (χ0v) is 14.0. The third-order valence-corrected chi connectivity index (χ3v) is 4.60. The van der Waals surface area contributed by atoms with Crippen molar-refractivity contribution in [3.63, 3.8) is 0 Å². The molecule has 0 bridgehead atoms. The number of thiocarbonyl (C=S) groups is 1. The van der Waals surface area contributed by atoms with Crippen molar-refractivity contribution in [2.24, 2.45) is 0 Å². The van der Waals surface area contributed by atoms with Crippen LogP contribution in [0.15, 0.2) is 24.3 Å². The zero-order valence-electron chi connectivity index (χ0n) is 13.2. The standard InChI is InChI=1S/C16H23FN4OS/c17-14-2-4-15(5-3-14)21-13-20(12-18-16(21)23)7-1-6-19-8-10-22-11-9-19/h2-5H,1,6-13H2,(H,18,23). The number of nitrogens with one attached hydrogen (secondary N) is 1. The van der Waals surface area contributed by atoms with E-state index in [9.17, 15) is 4.39 Å². The van der Waals surface area contributed by atoms with E-state index < -0.39 is 0 Å². The highest BCUT2D eigenvalue weighted by atomic mass is 32.1. The average molecular weight is 338 g/mol. The Bertz CT molecular complexity index is 521. The summed E-state index contributed by atoms with van der Waals surface area (Å²) in [7, 11) is 0. The van der Waals surface area contributed by atoms with Gasteiger partial charge >= 0.3 is 0 Å². The van der Waals surface area contributed by atoms with Crippen LogP contribution in [0.4, 0.5) is 10.1 Å². The number of halogens is 1. The van der Waals surface area contributed by atoms with Crippen LogP contribution in [-0.2, 0) is 4.74 Å². The lowest BCUT2D eigenvalue weighted by Crippen LogP contribution is -2.56. The molecule has 0 aromatic heterocycles. The molecule has 0 amide bonds. The van der Waals surface area contributed by atoms with Crippen molar-refractivity contribution in [3.05, 3.63) is 30.1 Å². The third-order valence-electron chi connectivity index (χ3n) is 4.23. The molecule has 0 atom stereocenters. The quantitative estimate of drug-likeness (QED) is 0.818. The van der Waals surface area contributed by atoms with Crippen molar-refractivity contribution in [2.75, 3.05) is 57.6 Å². The minimum absolute atomic E-state index is 0.230. The van der Waals surface area contributed by atoms with Gasteiger partial charge in [0.15, 0.2) is 5.11 Å². The van der Waals surface area contributed by atoms with E-state index >= 15 is 0 Å². The van der Waals surface area contributed by atoms with Crippen LogP contribution in [-0.4, -0.2) is 67.6 Å². The molecule has 3 rings (SSSR count). The van der Waals surface area contributed by atoms with Crippen LogP contribution in [0.1, 0.15) is 6.42 Å². The third kappa shape index (κ3) is 4.60. The van der Waals surface area contributed by atoms with E-state index in [1.165, 1.54) is 12.1 Å². The van der Waals surface area contributed by atoms with Gasteiger partial charge in [0, 0.05) is 25.3 Å². The molecule has 2 heterocycles. The second-order valence-corrected chi connectivity index (χ2v) is 6.27. The summed E-state index contributed by atoms with van der Waals surface area (Å²) < 4.78 is 18.4. The number of nitrogens with zero attached hydrogens (tertiary/aromatic N) is 3. The summed E-state index contributed by atoms with van der Waals surface area (Å²) in [6, 6.07) is 6.46. The number of hydrogen-bond donors (Lipinski definition) is 1. The van der Waals surface area contributed by atoms with Gasteiger partial charge in [-0.05, 0) is 49.4 Å². The first kappa shape index (κ1) is 16.6. The molecular weight excluding hydrogens is 315 g/mol. The second kappa shape index (κ2) is 8.01. The van der Waals surface area contributed by atoms with Gasteiger partial charge in [0.1, 0.15) is 5.82 Å². The number of anilines is 1. The van der Waals surface area contributed by atoms with Gasteiger partial charge in [-0.2, -0.15) is 0 Å². The van der Waals surface area contributed by atoms with E-state index in [1.54, 1.807) is 12.1 Å². The molecule has 1 aromatic carbocycles. The van der Waals surface area contributed by atoms with Crippen LogP contribution in [0, 0.1) is 5.82 Å². The molecule has 1 aromatic rings. The lowest BCUT2D eigenvalue weighted by Gasteiger charge is -2.38. The molecule has 2 aliphatic heterocycles. The molecule has 0 saturated carbocycles. The summed E-state index contributed by atoms with van der Waals surface area (Å²) in [5.74, 6) is -0.230. The van der Waals surface area contributed by atoms with Gasteiger partial charge in [-0.25, -0.2) is 4.39 Å². The monoisotopic (exact) mass is 338 g/mol. The van der Waals surface area contributed by atoms with Gasteiger partial charge in [0.2, 0.25) is 0 Å². The molecule has 2 fully saturated rings. The Kier molecular flexibility index (Phi) is 5.77. The zero-order chi connectivity index (χ0) is 16.1. The van der Waals surface area contributed by atoms with Crippen molar-refractivity contribution in [3.8, 4) is 0 Å². The summed E-state index contributed by atoms with van der Waals surface area (Å²) in [5, 5.41) is 3.94. The Labute approximate surface area is 142 Å². The van der Waals surface area contributed by atoms with E-state index in [4.69, 9.17) is 17.0 Å². The highest BCUT2D eigenvalue weighted by Gasteiger charge is 2.21. The van der Waals surface area contributed by atoms with Gasteiger partial charge < -0.3 is 15.0 Å². The summed E-state index contributed by atoms with van der Waals surface area (Å²) >= 11 is 5.38. The van der Waals surface area contributed by atoms with Crippen molar-refractivity contribution < 1.29 is 9.13 Å². The van der Waals surface area contributed by atoms with Crippen molar-refractivity contribution >= 4 is 23.0 Å². The normalized spacial score (nSPS) is 20.6. The molecule has 126 valence electrons. The number of morpholine rings is 1. The average Bonchev–Trinajstić information content (AvgIpc) is 2.58. The fourth-order valence-electron chi connectivity index (χ4n) is 2.90. The molecule has 0 unspecified atom stereocenters. The van der Waals surface area contributed by atoms with Gasteiger partial charge in [-0.3, -0.25) is 9.80 Å². The molecule has 2 saturated heterocycles. The Balaban J connectivity index is 1.49. The van der Waals surface area contributed by atoms with Crippen molar-refractivity contribution in [1.82, 2.24) is 15.1 Å². The number of rotatable bonds is 5. The minimum Gasteiger partial charge on any atom is -0.379 e. The van der Waals surface area contributed by atoms with E-state index in [0.29, 0.717) is 5.11 Å². The van der Waals surface area contributed by atoms with Gasteiger partial charge in [-0.1, -0.05) is 0 Å². The van der Waals surface area contributed by atoms with Crippen LogP contribution >= 0.6 is 12.2 Å². The first-order valence-corrected chi connectivity index (χ1v) is 8.46. The summed E-state index contributed by atoms with van der Waals surface area (Å²) in [5.41, 5.74) is 0.918. The lowest BCUT2D eigenvalue weighted by molar-refractivity contribution is 0.0360. The Morgan fingerprint density at radius 1 is 1.09 bits per heavy atom. The Hall–Kier alpha value is -1.28. The SMILES string of the molecule is Fc1ccc(N2CN(CCCN3CCOCC3)CNC2=S)cc1. The molecule has 0 aliphatic carbocycles. The minimum atomic E-state index is -0.230. The number of hydrogen-bond acceptors (Lipinski definition) is 4. The number of benzene rings is 1. The molecule has 2 aliphatic rings. The second-order valence-electron chi connectivity index (χ2n) is 5.89. The Morgan fingerprint density at radius 2 is 1.78 bits per heavy atom. The molecular formula is C16H23FN4OS. The van der Waals surface area contributed by atoms with Crippen LogP contribution < -0.4 is 10.2 Å². The van der Waals surface area contributed by atoms with Crippen LogP contribution in [0.3, 0.4) is 0 Å². The predicted octanol–water partition coefficient (Wildman–Crippen LogP) is 1.46. The fraction of sp³-hybridized carbons (Fsp3) is 0.562. The van der Waals surface area contributed by atoms with Crippen molar-refractivity contribution in [1.29, 1.82) is 0 Å². The predicted molar refractivity (Wildman–Crippen MR) is 92.9 cm³/mol. The topological polar surface area (TPSA) is 31.0 Å². The number of ether oxygens (including phenoxy) is 1. The first-order chi connectivity index (χ1) is 11.2. The van der Waals surface area contributed by atoms with Gasteiger partial charge in [0.05, 0.1) is 26.6 Å². The maximum absolute atomic E-state index is 13.1. The summed E-state index contributed by atoms with van der Waals surface area (Å²) in [6.07, 6.45) is 1.12. The summed E-state index contributed by atoms with van der Waals surface area (Å²) in [4.78, 5) is 6.77. The van der Waals surface area contributed by atoms with Crippen molar-refractivity contribution in [2.45, 2.75) is 6.42 Å². The highest BCUT2D eigenvalue weighted by Crippen LogP contribution is 2.17. The van der Waals surface area contributed by atoms with Crippen LogP contribution in [0.25, 0.3) is 0 Å². The van der Waals surface area contributed by atoms with E-state index in [-0.39, 0.29) is 5.82 Å². The highest BCUT2D eigenvalue weighted by molar-refractivity contribution is 7.80. The molecule has 7 heteroatoms. The largest absolute Gasteiger partial charge is 0.379 e. The fourth-order valence-corrected chi connectivity index (χ4v) is 3.13. The van der Waals surface area contributed by atoms with Crippen LogP contribution in [0.2, 0.25) is 0 Å². The van der Waals surface area contributed by atoms with Gasteiger partial charge in [0.25, 0.3) is 0 Å². The maximum atomic E-state index is 13.1. The smallest absolute Gasteiger partial charge is 0.175 e. The molecule has 1 N–H and O–H groups in total. The lowest BCUT2D eigenvalue weighted by atomic mass is 10.3. The Morgan fingerprint density at radius 3 is 2.52 bits per heavy atom. The summed E-state index contributed by atoms with van der Waals surface area (Å²) in [6.45, 7) is 7.36. The molecule has 0 radical (unpaired) electrons.